The summed E-state index contributed by atoms with van der Waals surface area (Å²) in [5, 5.41) is 3.80. The van der Waals surface area contributed by atoms with Gasteiger partial charge in [-0.3, -0.25) is 14.6 Å². The second-order valence-corrected chi connectivity index (χ2v) is 14.9. The molecule has 3 heterocycles. The third-order valence-corrected chi connectivity index (χ3v) is 10.9. The first kappa shape index (κ1) is 29.3. The molecule has 0 unspecified atom stereocenters. The average Bonchev–Trinajstić information content (AvgIpc) is 3.32. The van der Waals surface area contributed by atoms with E-state index in [1.807, 2.05) is 33.9 Å². The number of imide groups is 1. The second kappa shape index (κ2) is 9.80. The van der Waals surface area contributed by atoms with Gasteiger partial charge in [0.25, 0.3) is 5.91 Å². The first-order chi connectivity index (χ1) is 17.2. The number of alkyl halides is 6. The predicted octanol–water partition coefficient (Wildman–Crippen LogP) is 5.09. The number of rotatable bonds is 6. The Kier molecular flexibility index (Phi) is 7.55. The van der Waals surface area contributed by atoms with Crippen LogP contribution in [0, 0.1) is 0 Å². The van der Waals surface area contributed by atoms with E-state index in [0.717, 1.165) is 27.0 Å². The zero-order valence-corrected chi connectivity index (χ0v) is 22.4. The third-order valence-electron chi connectivity index (χ3n) is 6.35. The second-order valence-electron chi connectivity index (χ2n) is 10.1. The summed E-state index contributed by atoms with van der Waals surface area (Å²) in [4.78, 5) is 34.0. The van der Waals surface area contributed by atoms with Gasteiger partial charge in [-0.1, -0.05) is 20.8 Å². The smallest absolute Gasteiger partial charge is 0.415 e. The standard InChI is InChI=1S/C22H26F6N6O3Si/c1-20(2,3)38(5,6)37-8-7-34-18(35)14(32(4)19(34)36)11-33-12-29-17(31-33)13-9-15(21(23,24)25)30-16(10-13)22(26,27)28/h9-12H,7-8H2,1-6H3. The molecular weight excluding hydrogens is 538 g/mol. The van der Waals surface area contributed by atoms with Crippen molar-refractivity contribution in [1.29, 1.82) is 0 Å². The van der Waals surface area contributed by atoms with E-state index in [1.165, 1.54) is 7.05 Å². The Morgan fingerprint density at radius 1 is 1.00 bits per heavy atom. The number of likely N-dealkylation sites (N-methyl/N-ethyl adjacent to an activating group) is 1. The normalized spacial score (nSPS) is 16.8. The van der Waals surface area contributed by atoms with Gasteiger partial charge >= 0.3 is 18.4 Å². The number of aromatic nitrogens is 4. The summed E-state index contributed by atoms with van der Waals surface area (Å²) < 4.78 is 85.7. The fourth-order valence-electron chi connectivity index (χ4n) is 3.15. The topological polar surface area (TPSA) is 93.5 Å². The van der Waals surface area contributed by atoms with E-state index in [0.29, 0.717) is 12.1 Å². The highest BCUT2D eigenvalue weighted by Crippen LogP contribution is 2.37. The van der Waals surface area contributed by atoms with Crippen LogP contribution in [0.2, 0.25) is 18.1 Å². The van der Waals surface area contributed by atoms with E-state index in [9.17, 15) is 35.9 Å². The zero-order chi connectivity index (χ0) is 28.8. The van der Waals surface area contributed by atoms with Crippen molar-refractivity contribution < 1.29 is 40.4 Å². The van der Waals surface area contributed by atoms with Crippen LogP contribution in [0.1, 0.15) is 32.2 Å². The molecule has 38 heavy (non-hydrogen) atoms. The predicted molar refractivity (Wildman–Crippen MR) is 126 cm³/mol. The molecule has 0 spiro atoms. The van der Waals surface area contributed by atoms with Gasteiger partial charge < -0.3 is 4.43 Å². The first-order valence-electron chi connectivity index (χ1n) is 11.3. The maximum Gasteiger partial charge on any atom is 0.433 e. The van der Waals surface area contributed by atoms with Crippen molar-refractivity contribution in [3.63, 3.8) is 0 Å². The Labute approximate surface area is 215 Å². The van der Waals surface area contributed by atoms with Gasteiger partial charge in [-0.05, 0) is 30.3 Å². The van der Waals surface area contributed by atoms with Crippen LogP contribution in [0.4, 0.5) is 31.1 Å². The van der Waals surface area contributed by atoms with Crippen LogP contribution in [-0.4, -0.2) is 70.0 Å². The van der Waals surface area contributed by atoms with E-state index in [2.05, 4.69) is 15.1 Å². The lowest BCUT2D eigenvalue weighted by Crippen LogP contribution is -2.43. The molecule has 0 atom stereocenters. The highest BCUT2D eigenvalue weighted by molar-refractivity contribution is 6.74. The third kappa shape index (κ3) is 6.06. The summed E-state index contributed by atoms with van der Waals surface area (Å²) in [7, 11) is -0.782. The van der Waals surface area contributed by atoms with E-state index >= 15 is 0 Å². The van der Waals surface area contributed by atoms with Gasteiger partial charge in [0, 0.05) is 12.6 Å². The molecule has 0 bridgehead atoms. The van der Waals surface area contributed by atoms with Crippen molar-refractivity contribution in [3.05, 3.63) is 35.5 Å². The molecule has 208 valence electrons. The van der Waals surface area contributed by atoms with Gasteiger partial charge in [0.2, 0.25) is 0 Å². The van der Waals surface area contributed by atoms with Crippen molar-refractivity contribution in [2.24, 2.45) is 0 Å². The number of hydrogen-bond acceptors (Lipinski definition) is 6. The minimum atomic E-state index is -5.14. The van der Waals surface area contributed by atoms with Crippen LogP contribution in [-0.2, 0) is 21.6 Å². The van der Waals surface area contributed by atoms with Crippen LogP contribution in [0.25, 0.3) is 17.6 Å². The minimum absolute atomic E-state index is 0.00802. The van der Waals surface area contributed by atoms with Crippen molar-refractivity contribution in [2.75, 3.05) is 20.2 Å². The molecule has 9 nitrogen and oxygen atoms in total. The highest BCUT2D eigenvalue weighted by atomic mass is 28.4. The first-order valence-corrected chi connectivity index (χ1v) is 14.2. The Hall–Kier alpha value is -3.27. The monoisotopic (exact) mass is 564 g/mol. The number of nitrogens with zero attached hydrogens (tertiary/aromatic N) is 6. The fourth-order valence-corrected chi connectivity index (χ4v) is 4.18. The van der Waals surface area contributed by atoms with Crippen molar-refractivity contribution in [2.45, 2.75) is 51.3 Å². The van der Waals surface area contributed by atoms with Gasteiger partial charge in [0.05, 0.1) is 19.4 Å². The quantitative estimate of drug-likeness (QED) is 0.210. The summed E-state index contributed by atoms with van der Waals surface area (Å²) in [5.41, 5.74) is -4.23. The molecule has 1 aliphatic rings. The molecule has 3 rings (SSSR count). The summed E-state index contributed by atoms with van der Waals surface area (Å²) in [5.74, 6) is -1.14. The molecule has 0 N–H and O–H groups in total. The molecule has 1 saturated heterocycles. The van der Waals surface area contributed by atoms with Crippen LogP contribution in [0.5, 0.6) is 0 Å². The van der Waals surface area contributed by atoms with Crippen LogP contribution >= 0.6 is 0 Å². The molecule has 16 heteroatoms. The van der Waals surface area contributed by atoms with Gasteiger partial charge in [-0.2, -0.15) is 26.3 Å². The number of pyridine rings is 1. The average molecular weight is 565 g/mol. The molecule has 0 radical (unpaired) electrons. The van der Waals surface area contributed by atoms with E-state index < -0.39 is 55.4 Å². The van der Waals surface area contributed by atoms with Gasteiger partial charge in [0.1, 0.15) is 23.4 Å². The fraction of sp³-hybridized carbons (Fsp3) is 0.500. The number of carbonyl (C=O) groups is 2. The number of carbonyl (C=O) groups excluding carboxylic acids is 2. The Morgan fingerprint density at radius 2 is 1.55 bits per heavy atom. The Morgan fingerprint density at radius 3 is 2.05 bits per heavy atom. The summed E-state index contributed by atoms with van der Waals surface area (Å²) >= 11 is 0. The maximum atomic E-state index is 13.1. The molecular formula is C22H26F6N6O3Si. The van der Waals surface area contributed by atoms with Crippen molar-refractivity contribution >= 4 is 26.5 Å². The lowest BCUT2D eigenvalue weighted by Gasteiger charge is -2.36. The summed E-state index contributed by atoms with van der Waals surface area (Å²) in [6.07, 6.45) is -8.20. The molecule has 0 aromatic carbocycles. The number of halogens is 6. The molecule has 0 aliphatic carbocycles. The minimum Gasteiger partial charge on any atom is -0.415 e. The van der Waals surface area contributed by atoms with Crippen molar-refractivity contribution in [3.8, 4) is 11.4 Å². The molecule has 0 saturated carbocycles. The number of amides is 3. The van der Waals surface area contributed by atoms with Gasteiger partial charge in [-0.15, -0.1) is 5.10 Å². The molecule has 2 aromatic rings. The molecule has 1 aliphatic heterocycles. The Balaban J connectivity index is 1.85. The molecule has 2 aromatic heterocycles. The van der Waals surface area contributed by atoms with Crippen LogP contribution in [0.3, 0.4) is 0 Å². The molecule has 1 fully saturated rings. The maximum absolute atomic E-state index is 13.1. The van der Waals surface area contributed by atoms with Gasteiger partial charge in [-0.25, -0.2) is 19.4 Å². The van der Waals surface area contributed by atoms with E-state index in [1.54, 1.807) is 0 Å². The highest BCUT2D eigenvalue weighted by Gasteiger charge is 2.41. The lowest BCUT2D eigenvalue weighted by atomic mass is 10.1. The Bertz CT molecular complexity index is 1230. The molecule has 3 amide bonds. The van der Waals surface area contributed by atoms with Crippen LogP contribution < -0.4 is 0 Å². The largest absolute Gasteiger partial charge is 0.433 e. The van der Waals surface area contributed by atoms with E-state index in [-0.39, 0.29) is 23.9 Å². The van der Waals surface area contributed by atoms with Gasteiger partial charge in [0.15, 0.2) is 14.1 Å². The van der Waals surface area contributed by atoms with Crippen LogP contribution in [0.15, 0.2) is 24.2 Å². The van der Waals surface area contributed by atoms with Crippen molar-refractivity contribution in [1.82, 2.24) is 29.5 Å². The number of hydrogen-bond donors (Lipinski definition) is 0. The van der Waals surface area contributed by atoms with E-state index in [4.69, 9.17) is 4.43 Å². The lowest BCUT2D eigenvalue weighted by molar-refractivity contribution is -0.150. The summed E-state index contributed by atoms with van der Waals surface area (Å²) in [6, 6.07) is 0.157. The zero-order valence-electron chi connectivity index (χ0n) is 21.4. The summed E-state index contributed by atoms with van der Waals surface area (Å²) in [6.45, 7) is 10.3. The number of urea groups is 1. The SMILES string of the molecule is CN1C(=O)N(CCO[Si](C)(C)C(C)(C)C)C(=O)C1=Cn1cnc(-c2cc(C(F)(F)F)nc(C(F)(F)F)c2)n1.